The van der Waals surface area contributed by atoms with Gasteiger partial charge in [-0.3, -0.25) is 0 Å². The second-order valence-electron chi connectivity index (χ2n) is 6.03. The number of benzene rings is 1. The zero-order valence-electron chi connectivity index (χ0n) is 15.1. The van der Waals surface area contributed by atoms with E-state index in [1.165, 1.54) is 4.31 Å². The minimum absolute atomic E-state index is 0.191. The summed E-state index contributed by atoms with van der Waals surface area (Å²) in [5.74, 6) is 0.676. The number of aliphatic hydroxyl groups is 1. The van der Waals surface area contributed by atoms with Crippen LogP contribution in [0.3, 0.4) is 0 Å². The van der Waals surface area contributed by atoms with Gasteiger partial charge in [-0.1, -0.05) is 33.1 Å². The molecule has 0 aliphatic heterocycles. The summed E-state index contributed by atoms with van der Waals surface area (Å²) >= 11 is 0. The number of ether oxygens (including phenoxy) is 1. The highest BCUT2D eigenvalue weighted by Gasteiger charge is 2.28. The fourth-order valence-corrected chi connectivity index (χ4v) is 4.02. The van der Waals surface area contributed by atoms with Crippen molar-refractivity contribution in [2.45, 2.75) is 63.8 Å². The van der Waals surface area contributed by atoms with E-state index in [1.54, 1.807) is 31.2 Å². The van der Waals surface area contributed by atoms with E-state index in [-0.39, 0.29) is 11.5 Å². The van der Waals surface area contributed by atoms with Gasteiger partial charge in [-0.25, -0.2) is 8.42 Å². The lowest BCUT2D eigenvalue weighted by atomic mass is 10.2. The standard InChI is InChI=1S/C18H31NO4S/c1-4-6-8-13-19(16(3)15-20)24(21,22)18-11-9-17(10-12-18)23-14-7-5-2/h9-12,16,20H,4-8,13-15H2,1-3H3/t16-/m1/s1. The van der Waals surface area contributed by atoms with Gasteiger partial charge in [0.05, 0.1) is 18.1 Å². The topological polar surface area (TPSA) is 66.8 Å². The summed E-state index contributed by atoms with van der Waals surface area (Å²) in [6, 6.07) is 6.10. The molecule has 0 aliphatic rings. The van der Waals surface area contributed by atoms with Crippen LogP contribution in [-0.4, -0.2) is 43.6 Å². The summed E-state index contributed by atoms with van der Waals surface area (Å²) in [5.41, 5.74) is 0. The molecule has 138 valence electrons. The smallest absolute Gasteiger partial charge is 0.243 e. The average molecular weight is 358 g/mol. The van der Waals surface area contributed by atoms with Gasteiger partial charge in [0, 0.05) is 12.6 Å². The zero-order valence-corrected chi connectivity index (χ0v) is 15.9. The van der Waals surface area contributed by atoms with Crippen molar-refractivity contribution in [2.75, 3.05) is 19.8 Å². The van der Waals surface area contributed by atoms with Crippen molar-refractivity contribution in [1.29, 1.82) is 0 Å². The molecular weight excluding hydrogens is 326 g/mol. The third-order valence-corrected chi connectivity index (χ3v) is 5.96. The second-order valence-corrected chi connectivity index (χ2v) is 7.92. The number of hydrogen-bond donors (Lipinski definition) is 1. The van der Waals surface area contributed by atoms with Crippen molar-refractivity contribution >= 4 is 10.0 Å². The molecule has 1 atom stereocenters. The molecule has 0 aliphatic carbocycles. The maximum Gasteiger partial charge on any atom is 0.243 e. The van der Waals surface area contributed by atoms with E-state index in [0.29, 0.717) is 18.9 Å². The van der Waals surface area contributed by atoms with Crippen molar-refractivity contribution in [2.24, 2.45) is 0 Å². The summed E-state index contributed by atoms with van der Waals surface area (Å²) in [4.78, 5) is 0.238. The Kier molecular flexibility index (Phi) is 9.33. The van der Waals surface area contributed by atoms with E-state index >= 15 is 0 Å². The van der Waals surface area contributed by atoms with Crippen LogP contribution in [0.15, 0.2) is 29.2 Å². The summed E-state index contributed by atoms with van der Waals surface area (Å²) in [6.45, 7) is 6.76. The molecule has 0 saturated heterocycles. The molecule has 24 heavy (non-hydrogen) atoms. The minimum atomic E-state index is -3.62. The van der Waals surface area contributed by atoms with Crippen LogP contribution in [0.5, 0.6) is 5.75 Å². The van der Waals surface area contributed by atoms with E-state index in [1.807, 2.05) is 0 Å². The molecule has 1 aromatic rings. The van der Waals surface area contributed by atoms with Gasteiger partial charge < -0.3 is 9.84 Å². The molecule has 0 unspecified atom stereocenters. The fourth-order valence-electron chi connectivity index (χ4n) is 2.36. The number of nitrogens with zero attached hydrogens (tertiary/aromatic N) is 1. The Morgan fingerprint density at radius 1 is 1.08 bits per heavy atom. The number of rotatable bonds is 12. The van der Waals surface area contributed by atoms with Crippen LogP contribution in [0.2, 0.25) is 0 Å². The normalized spacial score (nSPS) is 13.2. The zero-order chi connectivity index (χ0) is 18.0. The largest absolute Gasteiger partial charge is 0.494 e. The Labute approximate surface area is 146 Å². The maximum absolute atomic E-state index is 12.9. The molecule has 1 rings (SSSR count). The average Bonchev–Trinajstić information content (AvgIpc) is 2.58. The second kappa shape index (κ2) is 10.7. The van der Waals surface area contributed by atoms with Crippen LogP contribution in [0.25, 0.3) is 0 Å². The van der Waals surface area contributed by atoms with Crippen LogP contribution in [0.1, 0.15) is 52.9 Å². The Morgan fingerprint density at radius 2 is 1.71 bits per heavy atom. The van der Waals surface area contributed by atoms with E-state index in [2.05, 4.69) is 13.8 Å². The first-order chi connectivity index (χ1) is 11.5. The molecule has 1 aromatic carbocycles. The third kappa shape index (κ3) is 6.07. The van der Waals surface area contributed by atoms with Gasteiger partial charge in [0.1, 0.15) is 5.75 Å². The van der Waals surface area contributed by atoms with Crippen molar-refractivity contribution < 1.29 is 18.3 Å². The summed E-state index contributed by atoms with van der Waals surface area (Å²) in [6.07, 6.45) is 4.80. The van der Waals surface area contributed by atoms with Crippen molar-refractivity contribution in [1.82, 2.24) is 4.31 Å². The summed E-state index contributed by atoms with van der Waals surface area (Å²) in [5, 5.41) is 9.41. The van der Waals surface area contributed by atoms with Gasteiger partial charge in [0.15, 0.2) is 0 Å². The molecule has 0 amide bonds. The predicted molar refractivity (Wildman–Crippen MR) is 96.8 cm³/mol. The molecule has 0 heterocycles. The lowest BCUT2D eigenvalue weighted by Gasteiger charge is -2.27. The monoisotopic (exact) mass is 357 g/mol. The first-order valence-electron chi connectivity index (χ1n) is 8.82. The van der Waals surface area contributed by atoms with Crippen LogP contribution < -0.4 is 4.74 Å². The van der Waals surface area contributed by atoms with Crippen molar-refractivity contribution in [3.8, 4) is 5.75 Å². The van der Waals surface area contributed by atoms with E-state index in [4.69, 9.17) is 4.74 Å². The Balaban J connectivity index is 2.89. The molecule has 6 heteroatoms. The van der Waals surface area contributed by atoms with Crippen molar-refractivity contribution in [3.05, 3.63) is 24.3 Å². The SMILES string of the molecule is CCCCCN([C@H](C)CO)S(=O)(=O)c1ccc(OCCCC)cc1. The van der Waals surface area contributed by atoms with Gasteiger partial charge >= 0.3 is 0 Å². The lowest BCUT2D eigenvalue weighted by molar-refractivity contribution is 0.196. The van der Waals surface area contributed by atoms with Crippen LogP contribution in [0.4, 0.5) is 0 Å². The van der Waals surface area contributed by atoms with E-state index < -0.39 is 16.1 Å². The fraction of sp³-hybridized carbons (Fsp3) is 0.667. The first-order valence-corrected chi connectivity index (χ1v) is 10.3. The van der Waals surface area contributed by atoms with Gasteiger partial charge in [0.25, 0.3) is 0 Å². The minimum Gasteiger partial charge on any atom is -0.494 e. The highest BCUT2D eigenvalue weighted by Crippen LogP contribution is 2.22. The van der Waals surface area contributed by atoms with Crippen LogP contribution in [-0.2, 0) is 10.0 Å². The summed E-state index contributed by atoms with van der Waals surface area (Å²) < 4.78 is 32.7. The highest BCUT2D eigenvalue weighted by molar-refractivity contribution is 7.89. The van der Waals surface area contributed by atoms with Crippen LogP contribution >= 0.6 is 0 Å². The maximum atomic E-state index is 12.9. The van der Waals surface area contributed by atoms with Gasteiger partial charge in [-0.15, -0.1) is 0 Å². The molecule has 0 fully saturated rings. The lowest BCUT2D eigenvalue weighted by Crippen LogP contribution is -2.41. The van der Waals surface area contributed by atoms with E-state index in [0.717, 1.165) is 32.1 Å². The Bertz CT molecular complexity index is 557. The van der Waals surface area contributed by atoms with Gasteiger partial charge in [-0.2, -0.15) is 4.31 Å². The first kappa shape index (κ1) is 20.9. The molecule has 0 spiro atoms. The quantitative estimate of drug-likeness (QED) is 0.582. The molecule has 1 N–H and O–H groups in total. The molecule has 0 aromatic heterocycles. The van der Waals surface area contributed by atoms with E-state index in [9.17, 15) is 13.5 Å². The molecule has 0 saturated carbocycles. The number of sulfonamides is 1. The third-order valence-electron chi connectivity index (χ3n) is 3.93. The van der Waals surface area contributed by atoms with Crippen LogP contribution in [0, 0.1) is 0 Å². The highest BCUT2D eigenvalue weighted by atomic mass is 32.2. The van der Waals surface area contributed by atoms with Crippen molar-refractivity contribution in [3.63, 3.8) is 0 Å². The predicted octanol–water partition coefficient (Wildman–Crippen LogP) is 3.43. The van der Waals surface area contributed by atoms with Gasteiger partial charge in [0.2, 0.25) is 10.0 Å². The molecular formula is C18H31NO4S. The number of unbranched alkanes of at least 4 members (excludes halogenated alkanes) is 3. The number of aliphatic hydroxyl groups excluding tert-OH is 1. The Hall–Kier alpha value is -1.11. The van der Waals surface area contributed by atoms with Gasteiger partial charge in [-0.05, 0) is 44.0 Å². The summed E-state index contributed by atoms with van der Waals surface area (Å²) in [7, 11) is -3.62. The number of hydrogen-bond acceptors (Lipinski definition) is 4. The molecule has 0 bridgehead atoms. The molecule has 0 radical (unpaired) electrons. The Morgan fingerprint density at radius 3 is 2.25 bits per heavy atom. The molecule has 5 nitrogen and oxygen atoms in total.